The Hall–Kier alpha value is -3.83. The third-order valence-corrected chi connectivity index (χ3v) is 6.85. The molecular formula is C29H24FN3S. The number of rotatable bonds is 6. The van der Waals surface area contributed by atoms with Gasteiger partial charge in [0.15, 0.2) is 0 Å². The number of nitrogens with zero attached hydrogens (tertiary/aromatic N) is 2. The average molecular weight is 466 g/mol. The number of benzene rings is 3. The zero-order chi connectivity index (χ0) is 23.5. The standard InChI is InChI=1S/C29H24FN3S/c1-19-7-6-10-23(17-19)27-28(34-29(33-27)22-11-13-25(30)14-12-22)24-15-16-31-26(18-24)32-20(2)21-8-4-3-5-9-21/h3-18,20H,1-2H3,(H,31,32)/t20-/m0/s1. The molecule has 5 rings (SSSR count). The molecule has 0 aliphatic carbocycles. The van der Waals surface area contributed by atoms with Crippen LogP contribution < -0.4 is 5.32 Å². The van der Waals surface area contributed by atoms with E-state index in [0.717, 1.165) is 38.1 Å². The molecule has 0 radical (unpaired) electrons. The Kier molecular flexibility index (Phi) is 6.19. The Morgan fingerprint density at radius 1 is 0.824 bits per heavy atom. The Balaban J connectivity index is 1.56. The van der Waals surface area contributed by atoms with Crippen molar-refractivity contribution >= 4 is 17.2 Å². The second-order valence-corrected chi connectivity index (χ2v) is 9.28. The predicted molar refractivity (Wildman–Crippen MR) is 139 cm³/mol. The van der Waals surface area contributed by atoms with Crippen molar-refractivity contribution in [2.45, 2.75) is 19.9 Å². The maximum Gasteiger partial charge on any atom is 0.126 e. The largest absolute Gasteiger partial charge is 0.364 e. The second-order valence-electron chi connectivity index (χ2n) is 8.28. The Morgan fingerprint density at radius 2 is 1.62 bits per heavy atom. The fourth-order valence-corrected chi connectivity index (χ4v) is 5.01. The first-order valence-corrected chi connectivity index (χ1v) is 12.0. The minimum absolute atomic E-state index is 0.122. The van der Waals surface area contributed by atoms with Gasteiger partial charge in [0.05, 0.1) is 10.6 Å². The summed E-state index contributed by atoms with van der Waals surface area (Å²) in [5.74, 6) is 0.553. The van der Waals surface area contributed by atoms with E-state index in [2.05, 4.69) is 60.5 Å². The van der Waals surface area contributed by atoms with E-state index in [4.69, 9.17) is 4.98 Å². The maximum absolute atomic E-state index is 13.5. The van der Waals surface area contributed by atoms with Gasteiger partial charge < -0.3 is 5.32 Å². The summed E-state index contributed by atoms with van der Waals surface area (Å²) in [5.41, 5.74) is 6.29. The van der Waals surface area contributed by atoms with E-state index in [1.54, 1.807) is 23.5 Å². The molecular weight excluding hydrogens is 441 g/mol. The summed E-state index contributed by atoms with van der Waals surface area (Å²) in [6.45, 7) is 4.21. The lowest BCUT2D eigenvalue weighted by atomic mass is 10.1. The molecule has 1 N–H and O–H groups in total. The molecule has 5 heteroatoms. The van der Waals surface area contributed by atoms with Gasteiger partial charge in [0.2, 0.25) is 0 Å². The van der Waals surface area contributed by atoms with E-state index >= 15 is 0 Å². The molecule has 168 valence electrons. The first-order chi connectivity index (χ1) is 16.6. The van der Waals surface area contributed by atoms with Gasteiger partial charge in [-0.3, -0.25) is 0 Å². The van der Waals surface area contributed by atoms with E-state index in [1.165, 1.54) is 23.3 Å². The lowest BCUT2D eigenvalue weighted by Gasteiger charge is -2.15. The summed E-state index contributed by atoms with van der Waals surface area (Å²) in [4.78, 5) is 10.6. The number of halogens is 1. The lowest BCUT2D eigenvalue weighted by molar-refractivity contribution is 0.628. The van der Waals surface area contributed by atoms with Crippen molar-refractivity contribution in [1.29, 1.82) is 0 Å². The monoisotopic (exact) mass is 465 g/mol. The lowest BCUT2D eigenvalue weighted by Crippen LogP contribution is -2.07. The molecule has 0 saturated heterocycles. The van der Waals surface area contributed by atoms with Crippen LogP contribution in [0.5, 0.6) is 0 Å². The molecule has 34 heavy (non-hydrogen) atoms. The highest BCUT2D eigenvalue weighted by molar-refractivity contribution is 7.19. The number of aryl methyl sites for hydroxylation is 1. The van der Waals surface area contributed by atoms with Gasteiger partial charge in [-0.05, 0) is 67.4 Å². The molecule has 3 nitrogen and oxygen atoms in total. The van der Waals surface area contributed by atoms with Gasteiger partial charge in [0, 0.05) is 23.4 Å². The van der Waals surface area contributed by atoms with Crippen LogP contribution in [0.1, 0.15) is 24.1 Å². The molecule has 5 aromatic rings. The minimum Gasteiger partial charge on any atom is -0.364 e. The smallest absolute Gasteiger partial charge is 0.126 e. The summed E-state index contributed by atoms with van der Waals surface area (Å²) in [6, 6.07) is 29.4. The number of pyridine rings is 1. The maximum atomic E-state index is 13.5. The van der Waals surface area contributed by atoms with Crippen molar-refractivity contribution in [2.24, 2.45) is 0 Å². The van der Waals surface area contributed by atoms with Crippen LogP contribution in [0.15, 0.2) is 97.2 Å². The van der Waals surface area contributed by atoms with E-state index in [-0.39, 0.29) is 11.9 Å². The van der Waals surface area contributed by atoms with Crippen molar-refractivity contribution < 1.29 is 4.39 Å². The number of hydrogen-bond acceptors (Lipinski definition) is 4. The van der Waals surface area contributed by atoms with Crippen molar-refractivity contribution in [1.82, 2.24) is 9.97 Å². The second kappa shape index (κ2) is 9.57. The van der Waals surface area contributed by atoms with Crippen LogP contribution >= 0.6 is 11.3 Å². The van der Waals surface area contributed by atoms with E-state index in [0.29, 0.717) is 0 Å². The van der Waals surface area contributed by atoms with Crippen LogP contribution in [-0.2, 0) is 0 Å². The molecule has 0 unspecified atom stereocenters. The van der Waals surface area contributed by atoms with Crippen LogP contribution in [0.2, 0.25) is 0 Å². The summed E-state index contributed by atoms with van der Waals surface area (Å²) in [6.07, 6.45) is 1.83. The first kappa shape index (κ1) is 22.0. The molecule has 2 aromatic heterocycles. The molecule has 3 aromatic carbocycles. The summed E-state index contributed by atoms with van der Waals surface area (Å²) >= 11 is 1.61. The molecule has 1 atom stereocenters. The first-order valence-electron chi connectivity index (χ1n) is 11.2. The van der Waals surface area contributed by atoms with Gasteiger partial charge >= 0.3 is 0 Å². The van der Waals surface area contributed by atoms with E-state index < -0.39 is 0 Å². The van der Waals surface area contributed by atoms with Gasteiger partial charge in [-0.1, -0.05) is 54.1 Å². The fraction of sp³-hybridized carbons (Fsp3) is 0.103. The van der Waals surface area contributed by atoms with Crippen molar-refractivity contribution in [3.8, 4) is 32.3 Å². The molecule has 0 aliphatic rings. The molecule has 0 aliphatic heterocycles. The summed E-state index contributed by atoms with van der Waals surface area (Å²) < 4.78 is 13.5. The quantitative estimate of drug-likeness (QED) is 0.275. The zero-order valence-corrected chi connectivity index (χ0v) is 19.8. The SMILES string of the molecule is Cc1cccc(-c2nc(-c3ccc(F)cc3)sc2-c2ccnc(N[C@@H](C)c3ccccc3)c2)c1. The topological polar surface area (TPSA) is 37.8 Å². The minimum atomic E-state index is -0.253. The number of aromatic nitrogens is 2. The van der Waals surface area contributed by atoms with Crippen molar-refractivity contribution in [3.63, 3.8) is 0 Å². The van der Waals surface area contributed by atoms with Gasteiger partial charge in [0.25, 0.3) is 0 Å². The van der Waals surface area contributed by atoms with Gasteiger partial charge in [-0.25, -0.2) is 14.4 Å². The Labute approximate surface area is 203 Å². The van der Waals surface area contributed by atoms with Crippen LogP contribution in [0.4, 0.5) is 10.2 Å². The van der Waals surface area contributed by atoms with Gasteiger partial charge in [-0.15, -0.1) is 11.3 Å². The summed E-state index contributed by atoms with van der Waals surface area (Å²) in [7, 11) is 0. The number of hydrogen-bond donors (Lipinski definition) is 1. The number of anilines is 1. The number of nitrogens with one attached hydrogen (secondary N) is 1. The van der Waals surface area contributed by atoms with Crippen LogP contribution in [0.3, 0.4) is 0 Å². The molecule has 0 spiro atoms. The van der Waals surface area contributed by atoms with Crippen molar-refractivity contribution in [2.75, 3.05) is 5.32 Å². The highest BCUT2D eigenvalue weighted by Gasteiger charge is 2.17. The third kappa shape index (κ3) is 4.75. The molecule has 0 bridgehead atoms. The predicted octanol–water partition coefficient (Wildman–Crippen LogP) is 8.16. The highest BCUT2D eigenvalue weighted by Crippen LogP contribution is 2.41. The Morgan fingerprint density at radius 3 is 2.38 bits per heavy atom. The van der Waals surface area contributed by atoms with Gasteiger partial charge in [0.1, 0.15) is 16.6 Å². The normalized spacial score (nSPS) is 11.9. The van der Waals surface area contributed by atoms with Crippen LogP contribution in [0.25, 0.3) is 32.3 Å². The van der Waals surface area contributed by atoms with Crippen LogP contribution in [0, 0.1) is 12.7 Å². The molecule has 0 fully saturated rings. The zero-order valence-electron chi connectivity index (χ0n) is 19.0. The van der Waals surface area contributed by atoms with E-state index in [1.807, 2.05) is 36.5 Å². The molecule has 0 saturated carbocycles. The summed E-state index contributed by atoms with van der Waals surface area (Å²) in [5, 5.41) is 4.37. The third-order valence-electron chi connectivity index (χ3n) is 5.70. The Bertz CT molecular complexity index is 1410. The van der Waals surface area contributed by atoms with Gasteiger partial charge in [-0.2, -0.15) is 0 Å². The highest BCUT2D eigenvalue weighted by atomic mass is 32.1. The van der Waals surface area contributed by atoms with E-state index in [9.17, 15) is 4.39 Å². The van der Waals surface area contributed by atoms with Crippen LogP contribution in [-0.4, -0.2) is 9.97 Å². The average Bonchev–Trinajstić information content (AvgIpc) is 3.31. The van der Waals surface area contributed by atoms with Crippen molar-refractivity contribution in [3.05, 3.63) is 114 Å². The fourth-order valence-electron chi connectivity index (χ4n) is 3.92. The number of thiazole rings is 1. The molecule has 2 heterocycles. The molecule has 0 amide bonds.